The molecule has 146 valence electrons. The van der Waals surface area contributed by atoms with Crippen LogP contribution < -0.4 is 5.32 Å². The summed E-state index contributed by atoms with van der Waals surface area (Å²) in [5.74, 6) is -0.807. The van der Waals surface area contributed by atoms with Crippen LogP contribution in [0.1, 0.15) is 21.5 Å². The fourth-order valence-electron chi connectivity index (χ4n) is 2.95. The number of pyridine rings is 1. The van der Waals surface area contributed by atoms with Crippen molar-refractivity contribution in [3.8, 4) is 10.6 Å². The normalized spacial score (nSPS) is 11.6. The quantitative estimate of drug-likeness (QED) is 0.452. The second kappa shape index (κ2) is 7.29. The molecule has 4 aromatic rings. The maximum atomic E-state index is 13.2. The topological polar surface area (TPSA) is 54.9 Å². The Labute approximate surface area is 168 Å². The number of rotatable bonds is 3. The van der Waals surface area contributed by atoms with Gasteiger partial charge in [0.2, 0.25) is 0 Å². The molecule has 4 nitrogen and oxygen atoms in total. The molecule has 2 heterocycles. The zero-order chi connectivity index (χ0) is 20.6. The highest BCUT2D eigenvalue weighted by Gasteiger charge is 2.34. The first-order valence-electron chi connectivity index (χ1n) is 8.63. The fraction of sp³-hybridized carbons (Fsp3) is 0.0952. The zero-order valence-electron chi connectivity index (χ0n) is 15.1. The lowest BCUT2D eigenvalue weighted by molar-refractivity contribution is -0.137. The minimum absolute atomic E-state index is 0.416. The van der Waals surface area contributed by atoms with E-state index in [1.807, 2.05) is 18.2 Å². The number of thiazole rings is 1. The van der Waals surface area contributed by atoms with E-state index < -0.39 is 23.2 Å². The van der Waals surface area contributed by atoms with Gasteiger partial charge in [-0.15, -0.1) is 0 Å². The van der Waals surface area contributed by atoms with Crippen molar-refractivity contribution in [3.63, 3.8) is 0 Å². The Morgan fingerprint density at radius 1 is 1.07 bits per heavy atom. The van der Waals surface area contributed by atoms with E-state index in [-0.39, 0.29) is 0 Å². The SMILES string of the molecule is Cc1cc(-c2nc3cccnc3s2)ccc1NC(=O)c1ccccc1C(F)(F)F. The standard InChI is InChI=1S/C21H14F3N3OS/c1-12-11-13(19-27-17-7-4-10-25-20(17)29-19)8-9-16(12)26-18(28)14-5-2-3-6-15(14)21(22,23)24/h2-11H,1H3,(H,26,28). The molecule has 4 rings (SSSR count). The van der Waals surface area contributed by atoms with Gasteiger partial charge >= 0.3 is 6.18 Å². The molecule has 0 aliphatic heterocycles. The number of fused-ring (bicyclic) bond motifs is 1. The summed E-state index contributed by atoms with van der Waals surface area (Å²) in [5, 5.41) is 3.36. The molecule has 1 N–H and O–H groups in total. The Kier molecular flexibility index (Phi) is 4.79. The van der Waals surface area contributed by atoms with Crippen LogP contribution in [0.4, 0.5) is 18.9 Å². The molecule has 0 bridgehead atoms. The Bertz CT molecular complexity index is 1180. The summed E-state index contributed by atoms with van der Waals surface area (Å²) in [5.41, 5.74) is 1.42. The molecule has 0 atom stereocenters. The van der Waals surface area contributed by atoms with E-state index in [1.165, 1.54) is 23.5 Å². The Hall–Kier alpha value is -3.26. The summed E-state index contributed by atoms with van der Waals surface area (Å²) in [6.45, 7) is 1.78. The van der Waals surface area contributed by atoms with Gasteiger partial charge in [-0.05, 0) is 55.0 Å². The monoisotopic (exact) mass is 413 g/mol. The molecule has 0 saturated carbocycles. The number of hydrogen-bond donors (Lipinski definition) is 1. The number of halogens is 3. The Balaban J connectivity index is 1.62. The number of benzene rings is 2. The number of nitrogens with zero attached hydrogens (tertiary/aromatic N) is 2. The van der Waals surface area contributed by atoms with Crippen LogP contribution in [0.2, 0.25) is 0 Å². The van der Waals surface area contributed by atoms with Crippen LogP contribution in [0.25, 0.3) is 20.9 Å². The Morgan fingerprint density at radius 2 is 1.86 bits per heavy atom. The third-order valence-corrected chi connectivity index (χ3v) is 5.39. The van der Waals surface area contributed by atoms with Gasteiger partial charge in [0, 0.05) is 17.4 Å². The summed E-state index contributed by atoms with van der Waals surface area (Å²) in [4.78, 5) is 22.1. The highest BCUT2D eigenvalue weighted by Crippen LogP contribution is 2.33. The highest BCUT2D eigenvalue weighted by molar-refractivity contribution is 7.21. The number of anilines is 1. The minimum atomic E-state index is -4.60. The largest absolute Gasteiger partial charge is 0.417 e. The molecule has 0 fully saturated rings. The maximum absolute atomic E-state index is 13.2. The first-order valence-corrected chi connectivity index (χ1v) is 9.45. The summed E-state index contributed by atoms with van der Waals surface area (Å²) in [6, 6.07) is 13.7. The lowest BCUT2D eigenvalue weighted by atomic mass is 10.1. The number of nitrogens with one attached hydrogen (secondary N) is 1. The second-order valence-electron chi connectivity index (χ2n) is 6.37. The maximum Gasteiger partial charge on any atom is 0.417 e. The number of aryl methyl sites for hydroxylation is 1. The van der Waals surface area contributed by atoms with Crippen LogP contribution in [0.15, 0.2) is 60.8 Å². The van der Waals surface area contributed by atoms with E-state index in [0.29, 0.717) is 11.3 Å². The van der Waals surface area contributed by atoms with Gasteiger partial charge in [0.15, 0.2) is 0 Å². The van der Waals surface area contributed by atoms with Gasteiger partial charge in [0.25, 0.3) is 5.91 Å². The van der Waals surface area contributed by atoms with Crippen molar-refractivity contribution < 1.29 is 18.0 Å². The van der Waals surface area contributed by atoms with Gasteiger partial charge < -0.3 is 5.32 Å². The average molecular weight is 413 g/mol. The van der Waals surface area contributed by atoms with Gasteiger partial charge in [0.05, 0.1) is 11.1 Å². The van der Waals surface area contributed by atoms with Crippen LogP contribution in [0, 0.1) is 6.92 Å². The Morgan fingerprint density at radius 3 is 2.59 bits per heavy atom. The van der Waals surface area contributed by atoms with Crippen LogP contribution >= 0.6 is 11.3 Å². The van der Waals surface area contributed by atoms with E-state index in [9.17, 15) is 18.0 Å². The molecule has 8 heteroatoms. The minimum Gasteiger partial charge on any atom is -0.322 e. The number of carbonyl (C=O) groups excluding carboxylic acids is 1. The van der Waals surface area contributed by atoms with Crippen molar-refractivity contribution in [2.24, 2.45) is 0 Å². The molecular weight excluding hydrogens is 399 g/mol. The molecule has 0 radical (unpaired) electrons. The molecule has 2 aromatic carbocycles. The van der Waals surface area contributed by atoms with Crippen molar-refractivity contribution in [1.29, 1.82) is 0 Å². The second-order valence-corrected chi connectivity index (χ2v) is 7.35. The molecule has 0 aliphatic carbocycles. The lowest BCUT2D eigenvalue weighted by Gasteiger charge is -2.14. The van der Waals surface area contributed by atoms with E-state index in [1.54, 1.807) is 25.3 Å². The average Bonchev–Trinajstić information content (AvgIpc) is 3.13. The van der Waals surface area contributed by atoms with E-state index in [4.69, 9.17) is 0 Å². The number of carbonyl (C=O) groups is 1. The van der Waals surface area contributed by atoms with E-state index in [0.717, 1.165) is 33.1 Å². The van der Waals surface area contributed by atoms with Gasteiger partial charge in [0.1, 0.15) is 15.4 Å². The van der Waals surface area contributed by atoms with Crippen LogP contribution in [0.5, 0.6) is 0 Å². The summed E-state index contributed by atoms with van der Waals surface area (Å²) in [6.07, 6.45) is -2.90. The van der Waals surface area contributed by atoms with Crippen molar-refractivity contribution >= 4 is 33.3 Å². The van der Waals surface area contributed by atoms with Crippen molar-refractivity contribution in [2.75, 3.05) is 5.32 Å². The number of alkyl halides is 3. The molecule has 0 unspecified atom stereocenters. The van der Waals surface area contributed by atoms with Crippen molar-refractivity contribution in [1.82, 2.24) is 9.97 Å². The predicted molar refractivity (Wildman–Crippen MR) is 107 cm³/mol. The molecule has 1 amide bonds. The molecule has 0 aliphatic rings. The van der Waals surface area contributed by atoms with Crippen molar-refractivity contribution in [3.05, 3.63) is 77.5 Å². The number of aromatic nitrogens is 2. The van der Waals surface area contributed by atoms with E-state index >= 15 is 0 Å². The van der Waals surface area contributed by atoms with Gasteiger partial charge in [-0.3, -0.25) is 4.79 Å². The first kappa shape index (κ1) is 19.1. The lowest BCUT2D eigenvalue weighted by Crippen LogP contribution is -2.19. The predicted octanol–water partition coefficient (Wildman–Crippen LogP) is 5.94. The van der Waals surface area contributed by atoms with Gasteiger partial charge in [-0.1, -0.05) is 23.5 Å². The zero-order valence-corrected chi connectivity index (χ0v) is 15.9. The van der Waals surface area contributed by atoms with Crippen molar-refractivity contribution in [2.45, 2.75) is 13.1 Å². The highest BCUT2D eigenvalue weighted by atomic mass is 32.1. The van der Waals surface area contributed by atoms with Crippen LogP contribution in [-0.4, -0.2) is 15.9 Å². The van der Waals surface area contributed by atoms with Crippen LogP contribution in [-0.2, 0) is 6.18 Å². The first-order chi connectivity index (χ1) is 13.8. The molecule has 0 saturated heterocycles. The summed E-state index contributed by atoms with van der Waals surface area (Å²) >= 11 is 1.45. The smallest absolute Gasteiger partial charge is 0.322 e. The van der Waals surface area contributed by atoms with Gasteiger partial charge in [-0.2, -0.15) is 13.2 Å². The molecule has 29 heavy (non-hydrogen) atoms. The summed E-state index contributed by atoms with van der Waals surface area (Å²) < 4.78 is 39.5. The third-order valence-electron chi connectivity index (χ3n) is 4.37. The van der Waals surface area contributed by atoms with Gasteiger partial charge in [-0.25, -0.2) is 9.97 Å². The van der Waals surface area contributed by atoms with Crippen LogP contribution in [0.3, 0.4) is 0 Å². The molecule has 2 aromatic heterocycles. The third kappa shape index (κ3) is 3.84. The molecule has 0 spiro atoms. The van der Waals surface area contributed by atoms with E-state index in [2.05, 4.69) is 15.3 Å². The fourth-order valence-corrected chi connectivity index (χ4v) is 3.85. The summed E-state index contributed by atoms with van der Waals surface area (Å²) in [7, 11) is 0. The molecular formula is C21H14F3N3OS. The number of amides is 1. The number of hydrogen-bond acceptors (Lipinski definition) is 4.